The molecule has 3 rings (SSSR count). The first-order valence-electron chi connectivity index (χ1n) is 8.43. The third kappa shape index (κ3) is 3.14. The number of hydrogen-bond acceptors (Lipinski definition) is 3. The topological polar surface area (TPSA) is 24.5 Å². The molecule has 2 heterocycles. The average Bonchev–Trinajstić information content (AvgIpc) is 3.08. The molecule has 2 saturated heterocycles. The van der Waals surface area contributed by atoms with Crippen molar-refractivity contribution >= 4 is 0 Å². The number of fused-ring (bicyclic) bond motifs is 1. The van der Waals surface area contributed by atoms with Gasteiger partial charge in [0, 0.05) is 31.2 Å². The van der Waals surface area contributed by atoms with Gasteiger partial charge in [-0.05, 0) is 44.7 Å². The van der Waals surface area contributed by atoms with Crippen LogP contribution in [0.1, 0.15) is 45.4 Å². The van der Waals surface area contributed by atoms with Gasteiger partial charge in [-0.3, -0.25) is 4.90 Å². The van der Waals surface area contributed by atoms with E-state index in [4.69, 9.17) is 4.74 Å². The van der Waals surface area contributed by atoms with E-state index in [0.29, 0.717) is 6.04 Å². The number of rotatable bonds is 5. The summed E-state index contributed by atoms with van der Waals surface area (Å²) < 4.78 is 5.60. The Morgan fingerprint density at radius 3 is 2.89 bits per heavy atom. The lowest BCUT2D eigenvalue weighted by Crippen LogP contribution is -2.48. The maximum Gasteiger partial charge on any atom is 0.0510 e. The summed E-state index contributed by atoms with van der Waals surface area (Å²) in [5, 5.41) is 3.73. The Bertz CT molecular complexity index is 278. The predicted molar refractivity (Wildman–Crippen MR) is 78.3 cm³/mol. The summed E-state index contributed by atoms with van der Waals surface area (Å²) in [7, 11) is 0. The van der Waals surface area contributed by atoms with E-state index < -0.39 is 0 Å². The van der Waals surface area contributed by atoms with E-state index >= 15 is 0 Å². The molecule has 1 saturated carbocycles. The summed E-state index contributed by atoms with van der Waals surface area (Å²) in [6.07, 6.45) is 8.56. The van der Waals surface area contributed by atoms with E-state index in [9.17, 15) is 0 Å². The molecule has 19 heavy (non-hydrogen) atoms. The molecule has 0 aromatic heterocycles. The second-order valence-electron chi connectivity index (χ2n) is 6.68. The van der Waals surface area contributed by atoms with Crippen LogP contribution in [-0.2, 0) is 4.74 Å². The number of ether oxygens (including phenoxy) is 1. The fourth-order valence-electron chi connectivity index (χ4n) is 4.49. The van der Waals surface area contributed by atoms with Crippen molar-refractivity contribution in [3.8, 4) is 0 Å². The maximum absolute atomic E-state index is 5.60. The highest BCUT2D eigenvalue weighted by atomic mass is 16.5. The van der Waals surface area contributed by atoms with Crippen LogP contribution in [0.3, 0.4) is 0 Å². The molecular weight excluding hydrogens is 236 g/mol. The van der Waals surface area contributed by atoms with Gasteiger partial charge in [-0.1, -0.05) is 19.8 Å². The van der Waals surface area contributed by atoms with Gasteiger partial charge < -0.3 is 10.1 Å². The lowest BCUT2D eigenvalue weighted by molar-refractivity contribution is 0.137. The number of likely N-dealkylation sites (tertiary alicyclic amines) is 1. The van der Waals surface area contributed by atoms with Gasteiger partial charge in [-0.15, -0.1) is 0 Å². The summed E-state index contributed by atoms with van der Waals surface area (Å²) in [5.74, 6) is 1.75. The van der Waals surface area contributed by atoms with Gasteiger partial charge in [-0.25, -0.2) is 0 Å². The van der Waals surface area contributed by atoms with Crippen LogP contribution in [-0.4, -0.2) is 49.8 Å². The maximum atomic E-state index is 5.60. The standard InChI is InChI=1S/C16H30N2O/c1-2-17-15(14-8-10-19-12-14)11-18-9-7-13-5-3-4-6-16(13)18/h13-17H,2-12H2,1H3. The van der Waals surface area contributed by atoms with Crippen LogP contribution in [0.25, 0.3) is 0 Å². The Kier molecular flexibility index (Phi) is 4.78. The SMILES string of the molecule is CCNC(CN1CCC2CCCCC21)C1CCOC1. The molecule has 0 amide bonds. The Hall–Kier alpha value is -0.120. The molecule has 110 valence electrons. The van der Waals surface area contributed by atoms with Crippen LogP contribution >= 0.6 is 0 Å². The van der Waals surface area contributed by atoms with Gasteiger partial charge >= 0.3 is 0 Å². The summed E-state index contributed by atoms with van der Waals surface area (Å²) in [6.45, 7) is 7.85. The van der Waals surface area contributed by atoms with Crippen LogP contribution in [0.5, 0.6) is 0 Å². The highest BCUT2D eigenvalue weighted by Crippen LogP contribution is 2.36. The van der Waals surface area contributed by atoms with Crippen molar-refractivity contribution in [3.63, 3.8) is 0 Å². The molecular formula is C16H30N2O. The molecule has 1 aliphatic carbocycles. The molecule has 3 aliphatic rings. The zero-order chi connectivity index (χ0) is 13.1. The Labute approximate surface area is 118 Å². The third-order valence-corrected chi connectivity index (χ3v) is 5.56. The van der Waals surface area contributed by atoms with Crippen LogP contribution in [0.4, 0.5) is 0 Å². The highest BCUT2D eigenvalue weighted by molar-refractivity contribution is 4.93. The number of likely N-dealkylation sites (N-methyl/N-ethyl adjacent to an activating group) is 1. The smallest absolute Gasteiger partial charge is 0.0510 e. The quantitative estimate of drug-likeness (QED) is 0.826. The second kappa shape index (κ2) is 6.55. The number of hydrogen-bond donors (Lipinski definition) is 1. The van der Waals surface area contributed by atoms with E-state index in [-0.39, 0.29) is 0 Å². The van der Waals surface area contributed by atoms with Crippen LogP contribution in [0, 0.1) is 11.8 Å². The van der Waals surface area contributed by atoms with Gasteiger partial charge in [0.25, 0.3) is 0 Å². The van der Waals surface area contributed by atoms with Gasteiger partial charge in [0.15, 0.2) is 0 Å². The predicted octanol–water partition coefficient (Wildman–Crippen LogP) is 2.27. The largest absolute Gasteiger partial charge is 0.381 e. The first-order chi connectivity index (χ1) is 9.38. The van der Waals surface area contributed by atoms with Crippen molar-refractivity contribution in [3.05, 3.63) is 0 Å². The summed E-state index contributed by atoms with van der Waals surface area (Å²) in [5.41, 5.74) is 0. The van der Waals surface area contributed by atoms with Gasteiger partial charge in [0.1, 0.15) is 0 Å². The van der Waals surface area contributed by atoms with Crippen molar-refractivity contribution < 1.29 is 4.74 Å². The van der Waals surface area contributed by atoms with E-state index in [2.05, 4.69) is 17.1 Å². The molecule has 2 aliphatic heterocycles. The molecule has 4 atom stereocenters. The van der Waals surface area contributed by atoms with E-state index in [1.807, 2.05) is 0 Å². The minimum Gasteiger partial charge on any atom is -0.381 e. The summed E-state index contributed by atoms with van der Waals surface area (Å²) >= 11 is 0. The van der Waals surface area contributed by atoms with Crippen molar-refractivity contribution in [2.24, 2.45) is 11.8 Å². The van der Waals surface area contributed by atoms with Gasteiger partial charge in [0.05, 0.1) is 6.61 Å². The average molecular weight is 266 g/mol. The minimum absolute atomic E-state index is 0.646. The summed E-state index contributed by atoms with van der Waals surface area (Å²) in [4.78, 5) is 2.80. The minimum atomic E-state index is 0.646. The highest BCUT2D eigenvalue weighted by Gasteiger charge is 2.37. The fourth-order valence-corrected chi connectivity index (χ4v) is 4.49. The Balaban J connectivity index is 1.58. The lowest BCUT2D eigenvalue weighted by Gasteiger charge is -2.35. The van der Waals surface area contributed by atoms with Crippen molar-refractivity contribution in [1.29, 1.82) is 0 Å². The van der Waals surface area contributed by atoms with Crippen molar-refractivity contribution in [2.45, 2.75) is 57.5 Å². The van der Waals surface area contributed by atoms with Gasteiger partial charge in [-0.2, -0.15) is 0 Å². The van der Waals surface area contributed by atoms with E-state index in [1.54, 1.807) is 0 Å². The molecule has 3 nitrogen and oxygen atoms in total. The van der Waals surface area contributed by atoms with E-state index in [1.165, 1.54) is 51.6 Å². The second-order valence-corrected chi connectivity index (χ2v) is 6.68. The van der Waals surface area contributed by atoms with Crippen molar-refractivity contribution in [2.75, 3.05) is 32.8 Å². The molecule has 3 fully saturated rings. The molecule has 4 unspecified atom stereocenters. The number of nitrogens with zero attached hydrogens (tertiary/aromatic N) is 1. The number of nitrogens with one attached hydrogen (secondary N) is 1. The Morgan fingerprint density at radius 1 is 1.21 bits per heavy atom. The molecule has 3 heteroatoms. The molecule has 0 aromatic rings. The monoisotopic (exact) mass is 266 g/mol. The normalized spacial score (nSPS) is 37.4. The van der Waals surface area contributed by atoms with Crippen LogP contribution < -0.4 is 5.32 Å². The Morgan fingerprint density at radius 2 is 2.11 bits per heavy atom. The van der Waals surface area contributed by atoms with Crippen LogP contribution in [0.15, 0.2) is 0 Å². The van der Waals surface area contributed by atoms with Gasteiger partial charge in [0.2, 0.25) is 0 Å². The molecule has 0 radical (unpaired) electrons. The lowest BCUT2D eigenvalue weighted by atomic mass is 9.85. The van der Waals surface area contributed by atoms with E-state index in [0.717, 1.165) is 37.6 Å². The first-order valence-corrected chi connectivity index (χ1v) is 8.43. The third-order valence-electron chi connectivity index (χ3n) is 5.56. The van der Waals surface area contributed by atoms with Crippen LogP contribution in [0.2, 0.25) is 0 Å². The summed E-state index contributed by atoms with van der Waals surface area (Å²) in [6, 6.07) is 1.55. The molecule has 0 aromatic carbocycles. The zero-order valence-corrected chi connectivity index (χ0v) is 12.4. The fraction of sp³-hybridized carbons (Fsp3) is 1.00. The molecule has 0 spiro atoms. The van der Waals surface area contributed by atoms with Crippen molar-refractivity contribution in [1.82, 2.24) is 10.2 Å². The first kappa shape index (κ1) is 13.8. The molecule has 1 N–H and O–H groups in total. The molecule has 0 bridgehead atoms. The zero-order valence-electron chi connectivity index (χ0n) is 12.4.